The molecule has 2 aromatic rings. The van der Waals surface area contributed by atoms with Crippen molar-refractivity contribution in [1.29, 1.82) is 0 Å². The van der Waals surface area contributed by atoms with Crippen LogP contribution in [0.3, 0.4) is 0 Å². The van der Waals surface area contributed by atoms with Gasteiger partial charge in [-0.3, -0.25) is 4.79 Å². The van der Waals surface area contributed by atoms with Crippen LogP contribution in [0.15, 0.2) is 27.5 Å². The first kappa shape index (κ1) is 10.2. The van der Waals surface area contributed by atoms with Crippen molar-refractivity contribution in [3.63, 3.8) is 0 Å². The molecule has 0 aliphatic rings. The maximum atomic E-state index is 11.7. The van der Waals surface area contributed by atoms with Crippen molar-refractivity contribution in [1.82, 2.24) is 4.98 Å². The topological polar surface area (TPSA) is 32.9 Å². The molecule has 1 aromatic carbocycles. The highest BCUT2D eigenvalue weighted by Crippen LogP contribution is 2.23. The van der Waals surface area contributed by atoms with Crippen LogP contribution in [-0.2, 0) is 0 Å². The quantitative estimate of drug-likeness (QED) is 0.716. The van der Waals surface area contributed by atoms with Gasteiger partial charge in [0.25, 0.3) is 0 Å². The number of aromatic amines is 1. The number of H-pyrrole nitrogens is 1. The Labute approximate surface area is 103 Å². The molecular formula is C10H7BrINO. The maximum Gasteiger partial charge on any atom is 0.190 e. The summed E-state index contributed by atoms with van der Waals surface area (Å²) < 4.78 is 1.90. The van der Waals surface area contributed by atoms with E-state index in [-0.39, 0.29) is 5.43 Å². The minimum Gasteiger partial charge on any atom is -0.358 e. The number of hydrogen-bond acceptors (Lipinski definition) is 1. The molecule has 0 aliphatic heterocycles. The number of aryl methyl sites for hydroxylation is 1. The van der Waals surface area contributed by atoms with E-state index < -0.39 is 0 Å². The molecular weight excluding hydrogens is 357 g/mol. The lowest BCUT2D eigenvalue weighted by molar-refractivity contribution is 1.23. The van der Waals surface area contributed by atoms with Gasteiger partial charge in [-0.05, 0) is 57.6 Å². The van der Waals surface area contributed by atoms with Crippen LogP contribution in [0.4, 0.5) is 0 Å². The number of nitrogens with one attached hydrogen (secondary N) is 1. The second-order valence-corrected chi connectivity index (χ2v) is 5.11. The molecule has 1 aromatic heterocycles. The molecule has 0 fully saturated rings. The Morgan fingerprint density at radius 1 is 1.43 bits per heavy atom. The summed E-state index contributed by atoms with van der Waals surface area (Å²) in [6.45, 7) is 1.89. The standard InChI is InChI=1S/C10H7BrINO/c1-5-4-8(14)9-6(11)2-3-7(12)10(9)13-5/h2-4H,1H3,(H,13,14). The number of halogens is 2. The molecule has 0 aliphatic carbocycles. The fraction of sp³-hybridized carbons (Fsp3) is 0.100. The molecule has 4 heteroatoms. The molecule has 0 saturated carbocycles. The van der Waals surface area contributed by atoms with Crippen LogP contribution in [0.2, 0.25) is 0 Å². The monoisotopic (exact) mass is 363 g/mol. The first-order valence-electron chi connectivity index (χ1n) is 4.07. The van der Waals surface area contributed by atoms with E-state index in [9.17, 15) is 4.79 Å². The van der Waals surface area contributed by atoms with Crippen LogP contribution in [0, 0.1) is 10.5 Å². The molecule has 0 unspecified atom stereocenters. The smallest absolute Gasteiger partial charge is 0.190 e. The number of benzene rings is 1. The van der Waals surface area contributed by atoms with Crippen molar-refractivity contribution in [2.75, 3.05) is 0 Å². The van der Waals surface area contributed by atoms with Gasteiger partial charge in [0.15, 0.2) is 5.43 Å². The SMILES string of the molecule is Cc1cc(=O)c2c(Br)ccc(I)c2[nH]1. The first-order chi connectivity index (χ1) is 6.59. The summed E-state index contributed by atoms with van der Waals surface area (Å²) in [6, 6.07) is 5.49. The van der Waals surface area contributed by atoms with Crippen LogP contribution >= 0.6 is 38.5 Å². The Morgan fingerprint density at radius 2 is 2.14 bits per heavy atom. The third-order valence-electron chi connectivity index (χ3n) is 2.02. The van der Waals surface area contributed by atoms with Gasteiger partial charge >= 0.3 is 0 Å². The van der Waals surface area contributed by atoms with E-state index in [2.05, 4.69) is 43.5 Å². The first-order valence-corrected chi connectivity index (χ1v) is 5.94. The van der Waals surface area contributed by atoms with Crippen molar-refractivity contribution in [3.05, 3.63) is 42.2 Å². The molecule has 0 spiro atoms. The molecule has 1 N–H and O–H groups in total. The van der Waals surface area contributed by atoms with Crippen molar-refractivity contribution >= 4 is 49.4 Å². The van der Waals surface area contributed by atoms with Gasteiger partial charge < -0.3 is 4.98 Å². The van der Waals surface area contributed by atoms with Crippen molar-refractivity contribution in [2.45, 2.75) is 6.92 Å². The highest BCUT2D eigenvalue weighted by Gasteiger charge is 2.06. The fourth-order valence-electron chi connectivity index (χ4n) is 1.42. The molecule has 0 atom stereocenters. The number of hydrogen-bond donors (Lipinski definition) is 1. The molecule has 72 valence electrons. The molecule has 1 heterocycles. The predicted octanol–water partition coefficient (Wildman–Crippen LogP) is 3.20. The lowest BCUT2D eigenvalue weighted by atomic mass is 10.2. The van der Waals surface area contributed by atoms with Gasteiger partial charge in [0, 0.05) is 19.8 Å². The average molecular weight is 364 g/mol. The van der Waals surface area contributed by atoms with Crippen molar-refractivity contribution in [2.24, 2.45) is 0 Å². The molecule has 0 saturated heterocycles. The highest BCUT2D eigenvalue weighted by molar-refractivity contribution is 14.1. The lowest BCUT2D eigenvalue weighted by Crippen LogP contribution is -2.04. The van der Waals surface area contributed by atoms with E-state index in [0.29, 0.717) is 0 Å². The summed E-state index contributed by atoms with van der Waals surface area (Å²) in [5.41, 5.74) is 1.85. The molecule has 0 radical (unpaired) electrons. The van der Waals surface area contributed by atoms with E-state index in [1.54, 1.807) is 6.07 Å². The van der Waals surface area contributed by atoms with E-state index in [0.717, 1.165) is 24.6 Å². The fourth-order valence-corrected chi connectivity index (χ4v) is 2.53. The summed E-state index contributed by atoms with van der Waals surface area (Å²) in [5, 5.41) is 0.725. The van der Waals surface area contributed by atoms with Gasteiger partial charge in [0.1, 0.15) is 0 Å². The van der Waals surface area contributed by atoms with Crippen LogP contribution in [0.5, 0.6) is 0 Å². The van der Waals surface area contributed by atoms with E-state index in [4.69, 9.17) is 0 Å². The minimum atomic E-state index is 0.0571. The Bertz CT molecular complexity index is 562. The second-order valence-electron chi connectivity index (χ2n) is 3.10. The minimum absolute atomic E-state index is 0.0571. The number of pyridine rings is 1. The Balaban J connectivity index is 3.08. The van der Waals surface area contributed by atoms with E-state index in [1.165, 1.54) is 0 Å². The molecule has 0 amide bonds. The summed E-state index contributed by atoms with van der Waals surface area (Å²) in [6.07, 6.45) is 0. The molecule has 2 rings (SSSR count). The van der Waals surface area contributed by atoms with E-state index >= 15 is 0 Å². The summed E-state index contributed by atoms with van der Waals surface area (Å²) in [7, 11) is 0. The Morgan fingerprint density at radius 3 is 2.86 bits per heavy atom. The van der Waals surface area contributed by atoms with Crippen LogP contribution in [0.1, 0.15) is 5.69 Å². The third-order valence-corrected chi connectivity index (χ3v) is 3.58. The number of fused-ring (bicyclic) bond motifs is 1. The van der Waals surface area contributed by atoms with E-state index in [1.807, 2.05) is 19.1 Å². The lowest BCUT2D eigenvalue weighted by Gasteiger charge is -2.03. The third kappa shape index (κ3) is 1.61. The average Bonchev–Trinajstić information content (AvgIpc) is 2.10. The highest BCUT2D eigenvalue weighted by atomic mass is 127. The zero-order chi connectivity index (χ0) is 10.3. The number of aromatic nitrogens is 1. The largest absolute Gasteiger partial charge is 0.358 e. The summed E-state index contributed by atoms with van der Waals surface area (Å²) in [5.74, 6) is 0. The second kappa shape index (κ2) is 3.66. The normalized spacial score (nSPS) is 10.8. The molecule has 14 heavy (non-hydrogen) atoms. The van der Waals surface area contributed by atoms with Crippen molar-refractivity contribution in [3.8, 4) is 0 Å². The van der Waals surface area contributed by atoms with Gasteiger partial charge in [0.05, 0.1) is 10.9 Å². The molecule has 0 bridgehead atoms. The van der Waals surface area contributed by atoms with Gasteiger partial charge in [0.2, 0.25) is 0 Å². The van der Waals surface area contributed by atoms with Crippen LogP contribution in [-0.4, -0.2) is 4.98 Å². The maximum absolute atomic E-state index is 11.7. The Kier molecular flexibility index (Phi) is 2.66. The number of rotatable bonds is 0. The van der Waals surface area contributed by atoms with Crippen LogP contribution in [0.25, 0.3) is 10.9 Å². The van der Waals surface area contributed by atoms with Gasteiger partial charge in [-0.2, -0.15) is 0 Å². The van der Waals surface area contributed by atoms with Crippen molar-refractivity contribution < 1.29 is 0 Å². The summed E-state index contributed by atoms with van der Waals surface area (Å²) in [4.78, 5) is 14.9. The molecule has 2 nitrogen and oxygen atoms in total. The van der Waals surface area contributed by atoms with Gasteiger partial charge in [-0.15, -0.1) is 0 Å². The zero-order valence-corrected chi connectivity index (χ0v) is 11.1. The van der Waals surface area contributed by atoms with Gasteiger partial charge in [-0.1, -0.05) is 0 Å². The summed E-state index contributed by atoms with van der Waals surface area (Å²) >= 11 is 5.60. The Hall–Kier alpha value is -0.360. The van der Waals surface area contributed by atoms with Crippen LogP contribution < -0.4 is 5.43 Å². The zero-order valence-electron chi connectivity index (χ0n) is 7.40. The predicted molar refractivity (Wildman–Crippen MR) is 69.7 cm³/mol. The van der Waals surface area contributed by atoms with Gasteiger partial charge in [-0.25, -0.2) is 0 Å².